The van der Waals surface area contributed by atoms with E-state index in [9.17, 15) is 4.79 Å². The molecule has 1 aliphatic heterocycles. The Balaban J connectivity index is 2.08. The number of methoxy groups -OCH3 is 1. The molecule has 0 fully saturated rings. The van der Waals surface area contributed by atoms with Gasteiger partial charge in [-0.15, -0.1) is 0 Å². The van der Waals surface area contributed by atoms with Gasteiger partial charge in [-0.25, -0.2) is 0 Å². The number of nitrogens with one attached hydrogen (secondary N) is 1. The van der Waals surface area contributed by atoms with E-state index in [2.05, 4.69) is 21.2 Å². The third kappa shape index (κ3) is 3.64. The highest BCUT2D eigenvalue weighted by molar-refractivity contribution is 9.10. The van der Waals surface area contributed by atoms with Gasteiger partial charge in [0.05, 0.1) is 4.47 Å². The van der Waals surface area contributed by atoms with E-state index in [0.29, 0.717) is 36.9 Å². The second kappa shape index (κ2) is 6.95. The maximum atomic E-state index is 12.2. The van der Waals surface area contributed by atoms with Crippen molar-refractivity contribution in [3.05, 3.63) is 22.2 Å². The van der Waals surface area contributed by atoms with E-state index >= 15 is 0 Å². The quantitative estimate of drug-likeness (QED) is 0.891. The van der Waals surface area contributed by atoms with Crippen LogP contribution in [0.4, 0.5) is 0 Å². The van der Waals surface area contributed by atoms with Crippen LogP contribution < -0.4 is 14.8 Å². The zero-order valence-electron chi connectivity index (χ0n) is 11.6. The predicted octanol–water partition coefficient (Wildman–Crippen LogP) is 2.38. The lowest BCUT2D eigenvalue weighted by molar-refractivity contribution is 0.0928. The first-order valence-corrected chi connectivity index (χ1v) is 7.30. The number of hydrogen-bond donors (Lipinski definition) is 1. The van der Waals surface area contributed by atoms with Crippen molar-refractivity contribution in [3.63, 3.8) is 0 Å². The molecule has 0 aliphatic carbocycles. The number of benzene rings is 1. The average molecular weight is 344 g/mol. The SMILES string of the molecule is COCCC(C)NC(=O)c1cc(Br)c2c(c1)OCCO2. The molecular formula is C14H18BrNO4. The Morgan fingerprint density at radius 3 is 2.95 bits per heavy atom. The third-order valence-electron chi connectivity index (χ3n) is 2.99. The molecule has 5 nitrogen and oxygen atoms in total. The molecule has 1 aromatic rings. The summed E-state index contributed by atoms with van der Waals surface area (Å²) in [6.07, 6.45) is 0.772. The van der Waals surface area contributed by atoms with Gasteiger partial charge in [0.1, 0.15) is 13.2 Å². The number of hydrogen-bond acceptors (Lipinski definition) is 4. The van der Waals surface area contributed by atoms with Crippen molar-refractivity contribution in [1.29, 1.82) is 0 Å². The molecule has 1 N–H and O–H groups in total. The van der Waals surface area contributed by atoms with Crippen LogP contribution >= 0.6 is 15.9 Å². The first-order valence-electron chi connectivity index (χ1n) is 6.50. The minimum atomic E-state index is -0.133. The Labute approximate surface area is 126 Å². The Morgan fingerprint density at radius 1 is 1.45 bits per heavy atom. The molecule has 0 saturated carbocycles. The smallest absolute Gasteiger partial charge is 0.251 e. The maximum Gasteiger partial charge on any atom is 0.251 e. The lowest BCUT2D eigenvalue weighted by atomic mass is 10.1. The van der Waals surface area contributed by atoms with Crippen molar-refractivity contribution < 1.29 is 19.0 Å². The summed E-state index contributed by atoms with van der Waals surface area (Å²) < 4.78 is 16.7. The number of carbonyl (C=O) groups is 1. The summed E-state index contributed by atoms with van der Waals surface area (Å²) in [4.78, 5) is 12.2. The Hall–Kier alpha value is -1.27. The van der Waals surface area contributed by atoms with Crippen LogP contribution in [0.1, 0.15) is 23.7 Å². The van der Waals surface area contributed by atoms with Crippen molar-refractivity contribution in [3.8, 4) is 11.5 Å². The van der Waals surface area contributed by atoms with Crippen molar-refractivity contribution in [2.45, 2.75) is 19.4 Å². The van der Waals surface area contributed by atoms with Gasteiger partial charge in [-0.05, 0) is 41.4 Å². The second-order valence-electron chi connectivity index (χ2n) is 4.64. The highest BCUT2D eigenvalue weighted by Gasteiger charge is 2.19. The van der Waals surface area contributed by atoms with Gasteiger partial charge in [0.15, 0.2) is 11.5 Å². The normalized spacial score (nSPS) is 14.8. The zero-order valence-corrected chi connectivity index (χ0v) is 13.2. The lowest BCUT2D eigenvalue weighted by Gasteiger charge is -2.21. The summed E-state index contributed by atoms with van der Waals surface area (Å²) in [5.41, 5.74) is 0.547. The van der Waals surface area contributed by atoms with Crippen LogP contribution in [0.2, 0.25) is 0 Å². The summed E-state index contributed by atoms with van der Waals surface area (Å²) in [7, 11) is 1.65. The molecule has 0 spiro atoms. The molecule has 0 bridgehead atoms. The van der Waals surface area contributed by atoms with E-state index < -0.39 is 0 Å². The molecule has 1 heterocycles. The van der Waals surface area contributed by atoms with Gasteiger partial charge < -0.3 is 19.5 Å². The minimum absolute atomic E-state index is 0.0504. The molecule has 1 aliphatic rings. The predicted molar refractivity (Wildman–Crippen MR) is 78.6 cm³/mol. The number of halogens is 1. The minimum Gasteiger partial charge on any atom is -0.486 e. The Kier molecular flexibility index (Phi) is 5.25. The van der Waals surface area contributed by atoms with Gasteiger partial charge in [0.2, 0.25) is 0 Å². The summed E-state index contributed by atoms with van der Waals surface area (Å²) >= 11 is 3.40. The van der Waals surface area contributed by atoms with Crippen LogP contribution in [-0.4, -0.2) is 38.9 Å². The Morgan fingerprint density at radius 2 is 2.20 bits per heavy atom. The van der Waals surface area contributed by atoms with Gasteiger partial charge in [-0.3, -0.25) is 4.79 Å². The number of carbonyl (C=O) groups excluding carboxylic acids is 1. The lowest BCUT2D eigenvalue weighted by Crippen LogP contribution is -2.33. The molecule has 1 unspecified atom stereocenters. The molecular weight excluding hydrogens is 326 g/mol. The average Bonchev–Trinajstić information content (AvgIpc) is 2.45. The van der Waals surface area contributed by atoms with Crippen molar-refractivity contribution in [2.24, 2.45) is 0 Å². The van der Waals surface area contributed by atoms with E-state index in [4.69, 9.17) is 14.2 Å². The monoisotopic (exact) mass is 343 g/mol. The van der Waals surface area contributed by atoms with Crippen LogP contribution in [0, 0.1) is 0 Å². The van der Waals surface area contributed by atoms with Gasteiger partial charge in [0.25, 0.3) is 5.91 Å². The van der Waals surface area contributed by atoms with Crippen molar-refractivity contribution >= 4 is 21.8 Å². The molecule has 1 aromatic carbocycles. The molecule has 110 valence electrons. The van der Waals surface area contributed by atoms with Gasteiger partial charge in [0, 0.05) is 25.3 Å². The standard InChI is InChI=1S/C14H18BrNO4/c1-9(3-4-18-2)16-14(17)10-7-11(15)13-12(8-10)19-5-6-20-13/h7-9H,3-6H2,1-2H3,(H,16,17). The molecule has 1 amide bonds. The summed E-state index contributed by atoms with van der Waals surface area (Å²) in [6, 6.07) is 3.50. The van der Waals surface area contributed by atoms with Crippen LogP contribution in [0.3, 0.4) is 0 Å². The molecule has 0 radical (unpaired) electrons. The molecule has 20 heavy (non-hydrogen) atoms. The molecule has 2 rings (SSSR count). The number of rotatable bonds is 5. The number of ether oxygens (including phenoxy) is 3. The second-order valence-corrected chi connectivity index (χ2v) is 5.49. The summed E-state index contributed by atoms with van der Waals surface area (Å²) in [6.45, 7) is 3.58. The number of fused-ring (bicyclic) bond motifs is 1. The molecule has 1 atom stereocenters. The zero-order chi connectivity index (χ0) is 14.5. The fraction of sp³-hybridized carbons (Fsp3) is 0.500. The Bertz CT molecular complexity index is 492. The fourth-order valence-corrected chi connectivity index (χ4v) is 2.47. The van der Waals surface area contributed by atoms with Gasteiger partial charge in [-0.2, -0.15) is 0 Å². The first kappa shape index (κ1) is 15.1. The topological polar surface area (TPSA) is 56.8 Å². The van der Waals surface area contributed by atoms with Crippen LogP contribution in [0.5, 0.6) is 11.5 Å². The van der Waals surface area contributed by atoms with Crippen molar-refractivity contribution in [1.82, 2.24) is 5.32 Å². The highest BCUT2D eigenvalue weighted by Crippen LogP contribution is 2.38. The highest BCUT2D eigenvalue weighted by atomic mass is 79.9. The van der Waals surface area contributed by atoms with E-state index in [-0.39, 0.29) is 11.9 Å². The van der Waals surface area contributed by atoms with E-state index in [1.807, 2.05) is 6.92 Å². The fourth-order valence-electron chi connectivity index (χ4n) is 1.92. The van der Waals surface area contributed by atoms with Crippen LogP contribution in [-0.2, 0) is 4.74 Å². The molecule has 0 saturated heterocycles. The summed E-state index contributed by atoms with van der Waals surface area (Å²) in [5, 5.41) is 2.93. The largest absolute Gasteiger partial charge is 0.486 e. The molecule has 6 heteroatoms. The maximum absolute atomic E-state index is 12.2. The van der Waals surface area contributed by atoms with Crippen LogP contribution in [0.15, 0.2) is 16.6 Å². The molecule has 0 aromatic heterocycles. The van der Waals surface area contributed by atoms with Crippen molar-refractivity contribution in [2.75, 3.05) is 26.9 Å². The summed E-state index contributed by atoms with van der Waals surface area (Å²) in [5.74, 6) is 1.12. The third-order valence-corrected chi connectivity index (χ3v) is 3.58. The number of amides is 1. The van der Waals surface area contributed by atoms with Gasteiger partial charge >= 0.3 is 0 Å². The van der Waals surface area contributed by atoms with Gasteiger partial charge in [-0.1, -0.05) is 0 Å². The first-order chi connectivity index (χ1) is 9.61. The van der Waals surface area contributed by atoms with E-state index in [1.54, 1.807) is 19.2 Å². The van der Waals surface area contributed by atoms with E-state index in [0.717, 1.165) is 10.9 Å². The van der Waals surface area contributed by atoms with Crippen LogP contribution in [0.25, 0.3) is 0 Å². The van der Waals surface area contributed by atoms with E-state index in [1.165, 1.54) is 0 Å².